The molecule has 2 N–H and O–H groups in total. The molecule has 7 nitrogen and oxygen atoms in total. The van der Waals surface area contributed by atoms with Gasteiger partial charge in [0, 0.05) is 25.9 Å². The highest BCUT2D eigenvalue weighted by Gasteiger charge is 2.56. The first-order valence-electron chi connectivity index (χ1n) is 10.9. The molecule has 3 heterocycles. The summed E-state index contributed by atoms with van der Waals surface area (Å²) in [6, 6.07) is 5.78. The SMILES string of the molecule is CCCCCCCO[C@@H]1[C@H]2OC(C)(C)O[C@H]2O[C@@H]1[C@H](O)CNCc1ccccn1.Cl. The number of rotatable bonds is 12. The number of fused-ring (bicyclic) bond motifs is 1. The zero-order valence-corrected chi connectivity index (χ0v) is 19.1. The summed E-state index contributed by atoms with van der Waals surface area (Å²) in [6.45, 7) is 7.54. The van der Waals surface area contributed by atoms with Gasteiger partial charge in [0.2, 0.25) is 0 Å². The smallest absolute Gasteiger partial charge is 0.190 e. The van der Waals surface area contributed by atoms with Gasteiger partial charge in [-0.15, -0.1) is 12.4 Å². The van der Waals surface area contributed by atoms with E-state index in [9.17, 15) is 5.11 Å². The third kappa shape index (κ3) is 7.12. The molecule has 0 aromatic carbocycles. The third-order valence-corrected chi connectivity index (χ3v) is 5.35. The fraction of sp³-hybridized carbons (Fsp3) is 0.773. The van der Waals surface area contributed by atoms with Crippen LogP contribution in [0, 0.1) is 0 Å². The minimum absolute atomic E-state index is 0. The first-order chi connectivity index (χ1) is 14.0. The standard InChI is InChI=1S/C22H36N2O5.ClH/c1-4-5-6-7-10-13-26-19-18(27-21-20(19)28-22(2,3)29-21)17(25)15-23-14-16-11-8-9-12-24-16;/h8-9,11-12,17-21,23,25H,4-7,10,13-15H2,1-3H3;1H/t17-,18-,19+,20-,21-;/m1./s1. The van der Waals surface area contributed by atoms with Gasteiger partial charge in [-0.3, -0.25) is 4.98 Å². The summed E-state index contributed by atoms with van der Waals surface area (Å²) in [7, 11) is 0. The van der Waals surface area contributed by atoms with Crippen molar-refractivity contribution in [2.75, 3.05) is 13.2 Å². The van der Waals surface area contributed by atoms with Crippen molar-refractivity contribution in [2.24, 2.45) is 0 Å². The van der Waals surface area contributed by atoms with Crippen molar-refractivity contribution in [1.82, 2.24) is 10.3 Å². The highest BCUT2D eigenvalue weighted by Crippen LogP contribution is 2.39. The normalized spacial score (nSPS) is 28.1. The van der Waals surface area contributed by atoms with Gasteiger partial charge in [-0.05, 0) is 32.4 Å². The molecule has 2 aliphatic rings. The van der Waals surface area contributed by atoms with E-state index in [0.29, 0.717) is 19.7 Å². The topological polar surface area (TPSA) is 82.1 Å². The molecule has 172 valence electrons. The van der Waals surface area contributed by atoms with E-state index < -0.39 is 24.3 Å². The number of hydrogen-bond donors (Lipinski definition) is 2. The maximum atomic E-state index is 10.8. The van der Waals surface area contributed by atoms with Crippen molar-refractivity contribution in [3.63, 3.8) is 0 Å². The Balaban J connectivity index is 0.00000320. The monoisotopic (exact) mass is 444 g/mol. The van der Waals surface area contributed by atoms with Gasteiger partial charge in [0.05, 0.1) is 11.8 Å². The van der Waals surface area contributed by atoms with Crippen LogP contribution in [0.2, 0.25) is 0 Å². The fourth-order valence-electron chi connectivity index (χ4n) is 3.90. The van der Waals surface area contributed by atoms with Gasteiger partial charge in [-0.25, -0.2) is 0 Å². The van der Waals surface area contributed by atoms with Crippen LogP contribution in [-0.2, 0) is 25.5 Å². The average molecular weight is 445 g/mol. The summed E-state index contributed by atoms with van der Waals surface area (Å²) in [6.07, 6.45) is 5.21. The van der Waals surface area contributed by atoms with Gasteiger partial charge >= 0.3 is 0 Å². The van der Waals surface area contributed by atoms with Crippen molar-refractivity contribution >= 4 is 12.4 Å². The van der Waals surface area contributed by atoms with E-state index in [4.69, 9.17) is 18.9 Å². The van der Waals surface area contributed by atoms with Crippen LogP contribution in [-0.4, -0.2) is 59.7 Å². The lowest BCUT2D eigenvalue weighted by atomic mass is 10.1. The second-order valence-electron chi connectivity index (χ2n) is 8.34. The number of nitrogens with one attached hydrogen (secondary N) is 1. The molecule has 0 saturated carbocycles. The highest BCUT2D eigenvalue weighted by atomic mass is 35.5. The van der Waals surface area contributed by atoms with Crippen molar-refractivity contribution in [3.8, 4) is 0 Å². The van der Waals surface area contributed by atoms with Crippen molar-refractivity contribution in [2.45, 2.75) is 95.9 Å². The maximum absolute atomic E-state index is 10.8. The molecular formula is C22H37ClN2O5. The van der Waals surface area contributed by atoms with Crippen molar-refractivity contribution < 1.29 is 24.1 Å². The van der Waals surface area contributed by atoms with Crippen LogP contribution in [0.15, 0.2) is 24.4 Å². The van der Waals surface area contributed by atoms with E-state index in [1.165, 1.54) is 19.3 Å². The van der Waals surface area contributed by atoms with Crippen molar-refractivity contribution in [3.05, 3.63) is 30.1 Å². The molecule has 0 unspecified atom stereocenters. The second-order valence-corrected chi connectivity index (χ2v) is 8.34. The summed E-state index contributed by atoms with van der Waals surface area (Å²) in [5.41, 5.74) is 0.928. The number of ether oxygens (including phenoxy) is 4. The van der Waals surface area contributed by atoms with E-state index >= 15 is 0 Å². The number of aromatic nitrogens is 1. The lowest BCUT2D eigenvalue weighted by Gasteiger charge is -2.28. The summed E-state index contributed by atoms with van der Waals surface area (Å²) < 4.78 is 24.0. The molecule has 1 aromatic rings. The van der Waals surface area contributed by atoms with E-state index in [0.717, 1.165) is 18.5 Å². The number of nitrogens with zero attached hydrogens (tertiary/aromatic N) is 1. The molecule has 1 aromatic heterocycles. The van der Waals surface area contributed by atoms with Gasteiger partial charge in [0.1, 0.15) is 18.3 Å². The number of aliphatic hydroxyl groups excluding tert-OH is 1. The van der Waals surface area contributed by atoms with Crippen molar-refractivity contribution in [1.29, 1.82) is 0 Å². The maximum Gasteiger partial charge on any atom is 0.190 e. The van der Waals surface area contributed by atoms with Gasteiger partial charge in [-0.1, -0.05) is 38.7 Å². The number of pyridine rings is 1. The van der Waals surface area contributed by atoms with Crippen LogP contribution in [0.5, 0.6) is 0 Å². The predicted molar refractivity (Wildman–Crippen MR) is 116 cm³/mol. The molecule has 0 bridgehead atoms. The summed E-state index contributed by atoms with van der Waals surface area (Å²) >= 11 is 0. The minimum Gasteiger partial charge on any atom is -0.389 e. The predicted octanol–water partition coefficient (Wildman–Crippen LogP) is 3.19. The zero-order valence-electron chi connectivity index (χ0n) is 18.3. The Morgan fingerprint density at radius 3 is 2.73 bits per heavy atom. The summed E-state index contributed by atoms with van der Waals surface area (Å²) in [4.78, 5) is 4.28. The van der Waals surface area contributed by atoms with Gasteiger partial charge in [0.15, 0.2) is 12.1 Å². The number of aliphatic hydroxyl groups is 1. The Labute approximate surface area is 186 Å². The number of unbranched alkanes of at least 4 members (excludes halogenated alkanes) is 4. The number of halogens is 1. The van der Waals surface area contributed by atoms with E-state index in [1.54, 1.807) is 6.20 Å². The minimum atomic E-state index is -0.732. The molecule has 3 rings (SSSR count). The van der Waals surface area contributed by atoms with Crippen LogP contribution in [0.1, 0.15) is 58.6 Å². The Morgan fingerprint density at radius 1 is 1.20 bits per heavy atom. The molecule has 0 radical (unpaired) electrons. The fourth-order valence-corrected chi connectivity index (χ4v) is 3.90. The summed E-state index contributed by atoms with van der Waals surface area (Å²) in [5, 5.41) is 14.0. The third-order valence-electron chi connectivity index (χ3n) is 5.35. The van der Waals surface area contributed by atoms with E-state index in [-0.39, 0.29) is 24.6 Å². The quantitative estimate of drug-likeness (QED) is 0.479. The van der Waals surface area contributed by atoms with Crippen LogP contribution >= 0.6 is 12.4 Å². The lowest BCUT2D eigenvalue weighted by molar-refractivity contribution is -0.229. The van der Waals surface area contributed by atoms with Gasteiger partial charge in [-0.2, -0.15) is 0 Å². The molecule has 2 saturated heterocycles. The Kier molecular flexibility index (Phi) is 10.4. The van der Waals surface area contributed by atoms with Crippen LogP contribution in [0.4, 0.5) is 0 Å². The number of hydrogen-bond acceptors (Lipinski definition) is 7. The first-order valence-corrected chi connectivity index (χ1v) is 10.9. The molecule has 0 spiro atoms. The largest absolute Gasteiger partial charge is 0.389 e. The molecule has 0 amide bonds. The molecule has 0 aliphatic carbocycles. The molecule has 30 heavy (non-hydrogen) atoms. The van der Waals surface area contributed by atoms with E-state index in [2.05, 4.69) is 17.2 Å². The zero-order chi connectivity index (χ0) is 20.7. The van der Waals surface area contributed by atoms with Crippen LogP contribution in [0.3, 0.4) is 0 Å². The Hall–Kier alpha value is -0.800. The van der Waals surface area contributed by atoms with Crippen LogP contribution in [0.25, 0.3) is 0 Å². The summed E-state index contributed by atoms with van der Waals surface area (Å²) in [5.74, 6) is -0.703. The van der Waals surface area contributed by atoms with Gasteiger partial charge in [0.25, 0.3) is 0 Å². The molecule has 8 heteroatoms. The molecule has 2 aliphatic heterocycles. The first kappa shape index (κ1) is 25.5. The lowest BCUT2D eigenvalue weighted by Crippen LogP contribution is -2.46. The Morgan fingerprint density at radius 2 is 2.00 bits per heavy atom. The van der Waals surface area contributed by atoms with Crippen LogP contribution < -0.4 is 5.32 Å². The highest BCUT2D eigenvalue weighted by molar-refractivity contribution is 5.85. The van der Waals surface area contributed by atoms with E-state index in [1.807, 2.05) is 32.0 Å². The molecule has 5 atom stereocenters. The average Bonchev–Trinajstić information content (AvgIpc) is 3.17. The Bertz CT molecular complexity index is 606. The molecule has 2 fully saturated rings. The second kappa shape index (κ2) is 12.3. The van der Waals surface area contributed by atoms with Gasteiger partial charge < -0.3 is 29.4 Å². The molecular weight excluding hydrogens is 408 g/mol.